The normalized spacial score (nSPS) is 12.0. The zero-order valence-electron chi connectivity index (χ0n) is 11.6. The predicted molar refractivity (Wildman–Crippen MR) is 74.3 cm³/mol. The number of nitrogens with two attached hydrogens (primary N) is 1. The lowest BCUT2D eigenvalue weighted by atomic mass is 10.3. The standard InChI is InChI=1S/C15H16F2N2O2/c1-10-4-13(7-19-6-10)20-8-12(18)9-21-15-3-2-11(16)5-14(15)17/h2-7,12H,8-9,18H2,1H3. The fourth-order valence-electron chi connectivity index (χ4n) is 1.65. The molecule has 0 amide bonds. The van der Waals surface area contributed by atoms with Crippen molar-refractivity contribution >= 4 is 0 Å². The van der Waals surface area contributed by atoms with Crippen molar-refractivity contribution in [1.29, 1.82) is 0 Å². The third-order valence-corrected chi connectivity index (χ3v) is 2.66. The molecule has 1 aromatic carbocycles. The van der Waals surface area contributed by atoms with Gasteiger partial charge in [-0.1, -0.05) is 0 Å². The van der Waals surface area contributed by atoms with Gasteiger partial charge in [0.2, 0.25) is 0 Å². The maximum atomic E-state index is 13.4. The molecule has 1 atom stereocenters. The Balaban J connectivity index is 1.80. The van der Waals surface area contributed by atoms with Gasteiger partial charge in [-0.05, 0) is 30.7 Å². The molecule has 1 aromatic heterocycles. The van der Waals surface area contributed by atoms with E-state index in [9.17, 15) is 8.78 Å². The molecule has 2 N–H and O–H groups in total. The predicted octanol–water partition coefficient (Wildman–Crippen LogP) is 2.45. The number of aryl methyl sites for hydroxylation is 1. The molecule has 0 fully saturated rings. The number of halogens is 2. The van der Waals surface area contributed by atoms with Gasteiger partial charge in [-0.3, -0.25) is 4.98 Å². The first-order valence-corrected chi connectivity index (χ1v) is 6.42. The van der Waals surface area contributed by atoms with Gasteiger partial charge in [0.05, 0.1) is 12.2 Å². The van der Waals surface area contributed by atoms with E-state index >= 15 is 0 Å². The highest BCUT2D eigenvalue weighted by Gasteiger charge is 2.09. The minimum absolute atomic E-state index is 0.0379. The fraction of sp³-hybridized carbons (Fsp3) is 0.267. The number of hydrogen-bond acceptors (Lipinski definition) is 4. The molecular formula is C15H16F2N2O2. The minimum atomic E-state index is -0.758. The van der Waals surface area contributed by atoms with Gasteiger partial charge in [0, 0.05) is 12.3 Å². The Bertz CT molecular complexity index is 608. The van der Waals surface area contributed by atoms with Gasteiger partial charge in [-0.2, -0.15) is 0 Å². The van der Waals surface area contributed by atoms with Gasteiger partial charge in [0.1, 0.15) is 24.8 Å². The number of pyridine rings is 1. The SMILES string of the molecule is Cc1cncc(OCC(N)COc2ccc(F)cc2F)c1. The third kappa shape index (κ3) is 4.68. The largest absolute Gasteiger partial charge is 0.490 e. The average molecular weight is 294 g/mol. The van der Waals surface area contributed by atoms with Crippen LogP contribution >= 0.6 is 0 Å². The van der Waals surface area contributed by atoms with E-state index in [-0.39, 0.29) is 19.0 Å². The van der Waals surface area contributed by atoms with Gasteiger partial charge < -0.3 is 15.2 Å². The lowest BCUT2D eigenvalue weighted by Crippen LogP contribution is -2.34. The van der Waals surface area contributed by atoms with Crippen LogP contribution in [0.1, 0.15) is 5.56 Å². The van der Waals surface area contributed by atoms with Crippen molar-refractivity contribution in [3.8, 4) is 11.5 Å². The molecule has 0 aliphatic heterocycles. The van der Waals surface area contributed by atoms with E-state index in [1.165, 1.54) is 6.07 Å². The summed E-state index contributed by atoms with van der Waals surface area (Å²) in [7, 11) is 0. The van der Waals surface area contributed by atoms with E-state index in [0.29, 0.717) is 5.75 Å². The maximum absolute atomic E-state index is 13.4. The van der Waals surface area contributed by atoms with Crippen molar-refractivity contribution in [3.05, 3.63) is 53.9 Å². The van der Waals surface area contributed by atoms with Gasteiger partial charge in [-0.25, -0.2) is 8.78 Å². The zero-order valence-corrected chi connectivity index (χ0v) is 11.6. The molecule has 1 unspecified atom stereocenters. The Labute approximate surface area is 121 Å². The Morgan fingerprint density at radius 3 is 2.62 bits per heavy atom. The number of ether oxygens (including phenoxy) is 2. The summed E-state index contributed by atoms with van der Waals surface area (Å²) in [4.78, 5) is 3.99. The fourth-order valence-corrected chi connectivity index (χ4v) is 1.65. The second-order valence-corrected chi connectivity index (χ2v) is 4.65. The van der Waals surface area contributed by atoms with Crippen LogP contribution in [0, 0.1) is 18.6 Å². The molecule has 1 heterocycles. The van der Waals surface area contributed by atoms with Crippen LogP contribution in [0.15, 0.2) is 36.7 Å². The van der Waals surface area contributed by atoms with Crippen molar-refractivity contribution < 1.29 is 18.3 Å². The molecular weight excluding hydrogens is 278 g/mol. The van der Waals surface area contributed by atoms with Gasteiger partial charge in [0.15, 0.2) is 11.6 Å². The van der Waals surface area contributed by atoms with Crippen LogP contribution in [-0.4, -0.2) is 24.2 Å². The topological polar surface area (TPSA) is 57.4 Å². The first-order chi connectivity index (χ1) is 10.0. The zero-order chi connectivity index (χ0) is 15.2. The second-order valence-electron chi connectivity index (χ2n) is 4.65. The summed E-state index contributed by atoms with van der Waals surface area (Å²) in [5, 5.41) is 0. The van der Waals surface area contributed by atoms with Crippen LogP contribution in [0.5, 0.6) is 11.5 Å². The molecule has 0 bridgehead atoms. The summed E-state index contributed by atoms with van der Waals surface area (Å²) in [6.45, 7) is 2.16. The molecule has 0 aliphatic carbocycles. The van der Waals surface area contributed by atoms with Gasteiger partial charge in [0.25, 0.3) is 0 Å². The lowest BCUT2D eigenvalue weighted by molar-refractivity contribution is 0.214. The molecule has 21 heavy (non-hydrogen) atoms. The van der Waals surface area contributed by atoms with Crippen LogP contribution < -0.4 is 15.2 Å². The first kappa shape index (κ1) is 15.2. The number of hydrogen-bond donors (Lipinski definition) is 1. The maximum Gasteiger partial charge on any atom is 0.167 e. The van der Waals surface area contributed by atoms with Crippen LogP contribution in [-0.2, 0) is 0 Å². The molecule has 0 aliphatic rings. The van der Waals surface area contributed by atoms with Crippen molar-refractivity contribution in [2.45, 2.75) is 13.0 Å². The molecule has 2 aromatic rings. The molecule has 112 valence electrons. The van der Waals surface area contributed by atoms with Crippen molar-refractivity contribution in [2.24, 2.45) is 5.73 Å². The molecule has 4 nitrogen and oxygen atoms in total. The Morgan fingerprint density at radius 1 is 1.14 bits per heavy atom. The summed E-state index contributed by atoms with van der Waals surface area (Å²) < 4.78 is 36.8. The summed E-state index contributed by atoms with van der Waals surface area (Å²) >= 11 is 0. The van der Waals surface area contributed by atoms with Gasteiger partial charge in [-0.15, -0.1) is 0 Å². The summed E-state index contributed by atoms with van der Waals surface area (Å²) in [6, 6.07) is 4.49. The highest BCUT2D eigenvalue weighted by molar-refractivity contribution is 5.25. The third-order valence-electron chi connectivity index (χ3n) is 2.66. The van der Waals surface area contributed by atoms with Crippen LogP contribution in [0.2, 0.25) is 0 Å². The molecule has 0 saturated carbocycles. The number of rotatable bonds is 6. The van der Waals surface area contributed by atoms with E-state index in [4.69, 9.17) is 15.2 Å². The lowest BCUT2D eigenvalue weighted by Gasteiger charge is -2.14. The Kier molecular flexibility index (Phi) is 5.05. The summed E-state index contributed by atoms with van der Waals surface area (Å²) in [5.41, 5.74) is 6.80. The summed E-state index contributed by atoms with van der Waals surface area (Å²) in [6.07, 6.45) is 3.30. The number of nitrogens with zero attached hydrogens (tertiary/aromatic N) is 1. The van der Waals surface area contributed by atoms with Crippen molar-refractivity contribution in [1.82, 2.24) is 4.98 Å². The van der Waals surface area contributed by atoms with Gasteiger partial charge >= 0.3 is 0 Å². The second kappa shape index (κ2) is 6.99. The first-order valence-electron chi connectivity index (χ1n) is 6.42. The smallest absolute Gasteiger partial charge is 0.167 e. The highest BCUT2D eigenvalue weighted by Crippen LogP contribution is 2.17. The molecule has 2 rings (SSSR count). The Hall–Kier alpha value is -2.21. The van der Waals surface area contributed by atoms with Crippen molar-refractivity contribution in [3.63, 3.8) is 0 Å². The highest BCUT2D eigenvalue weighted by atomic mass is 19.1. The molecule has 0 radical (unpaired) electrons. The van der Waals surface area contributed by atoms with E-state index in [1.54, 1.807) is 12.4 Å². The van der Waals surface area contributed by atoms with Crippen LogP contribution in [0.4, 0.5) is 8.78 Å². The number of benzene rings is 1. The van der Waals surface area contributed by atoms with Crippen LogP contribution in [0.25, 0.3) is 0 Å². The Morgan fingerprint density at radius 2 is 1.90 bits per heavy atom. The van der Waals surface area contributed by atoms with Crippen molar-refractivity contribution in [2.75, 3.05) is 13.2 Å². The average Bonchev–Trinajstić information content (AvgIpc) is 2.44. The molecule has 0 saturated heterocycles. The monoisotopic (exact) mass is 294 g/mol. The van der Waals surface area contributed by atoms with Crippen LogP contribution in [0.3, 0.4) is 0 Å². The number of aromatic nitrogens is 1. The minimum Gasteiger partial charge on any atom is -0.490 e. The van der Waals surface area contributed by atoms with E-state index < -0.39 is 17.7 Å². The van der Waals surface area contributed by atoms with E-state index in [0.717, 1.165) is 17.7 Å². The quantitative estimate of drug-likeness (QED) is 0.889. The molecule has 0 spiro atoms. The molecule has 6 heteroatoms. The van der Waals surface area contributed by atoms with E-state index in [2.05, 4.69) is 4.98 Å². The summed E-state index contributed by atoms with van der Waals surface area (Å²) in [5.74, 6) is -0.840. The van der Waals surface area contributed by atoms with E-state index in [1.807, 2.05) is 13.0 Å².